The number of carbonyl (C=O) groups is 1. The fourth-order valence-corrected chi connectivity index (χ4v) is 3.46. The Hall–Kier alpha value is -3.48. The largest absolute Gasteiger partial charge is 0.411 e. The molecule has 3 aromatic heterocycles. The van der Waals surface area contributed by atoms with Crippen molar-refractivity contribution in [3.05, 3.63) is 30.6 Å². The van der Waals surface area contributed by atoms with E-state index in [1.54, 1.807) is 24.4 Å². The third kappa shape index (κ3) is 5.04. The van der Waals surface area contributed by atoms with E-state index in [-0.39, 0.29) is 25.0 Å². The van der Waals surface area contributed by atoms with Crippen molar-refractivity contribution in [2.24, 2.45) is 11.7 Å². The highest BCUT2D eigenvalue weighted by Crippen LogP contribution is 2.28. The number of ether oxygens (including phenoxy) is 1. The van der Waals surface area contributed by atoms with Crippen LogP contribution in [0.3, 0.4) is 0 Å². The number of anilines is 3. The summed E-state index contributed by atoms with van der Waals surface area (Å²) in [6, 6.07) is 5.32. The Morgan fingerprint density at radius 2 is 2.16 bits per heavy atom. The number of rotatable bonds is 8. The maximum absolute atomic E-state index is 12.3. The first-order valence-corrected chi connectivity index (χ1v) is 9.90. The number of nitrogens with two attached hydrogens (primary N) is 1. The Morgan fingerprint density at radius 1 is 1.31 bits per heavy atom. The molecule has 32 heavy (non-hydrogen) atoms. The second kappa shape index (κ2) is 8.94. The number of carbonyl (C=O) groups excluding carboxylic acids is 1. The number of nitrogens with zero attached hydrogens (tertiary/aromatic N) is 6. The van der Waals surface area contributed by atoms with Gasteiger partial charge in [-0.2, -0.15) is 23.3 Å². The number of halogens is 3. The number of nitrogens with one attached hydrogen (secondary N) is 1. The number of pyridine rings is 1. The maximum atomic E-state index is 12.3. The summed E-state index contributed by atoms with van der Waals surface area (Å²) < 4.78 is 43.2. The van der Waals surface area contributed by atoms with Crippen molar-refractivity contribution >= 4 is 34.5 Å². The smallest absolute Gasteiger partial charge is 0.370 e. The van der Waals surface area contributed by atoms with Gasteiger partial charge in [-0.05, 0) is 18.6 Å². The molecule has 0 aromatic carbocycles. The molecule has 1 amide bonds. The van der Waals surface area contributed by atoms with E-state index in [1.165, 1.54) is 10.9 Å². The Kier molecular flexibility index (Phi) is 6.08. The van der Waals surface area contributed by atoms with Crippen molar-refractivity contribution in [2.75, 3.05) is 36.5 Å². The van der Waals surface area contributed by atoms with Crippen molar-refractivity contribution in [2.45, 2.75) is 19.1 Å². The molecule has 0 unspecified atom stereocenters. The van der Waals surface area contributed by atoms with E-state index in [0.717, 1.165) is 0 Å². The fraction of sp³-hybridized carbons (Fsp3) is 0.421. The average molecular weight is 450 g/mol. The molecular weight excluding hydrogens is 429 g/mol. The van der Waals surface area contributed by atoms with Gasteiger partial charge >= 0.3 is 6.18 Å². The Balaban J connectivity index is 1.63. The molecule has 170 valence electrons. The predicted octanol–water partition coefficient (Wildman–Crippen LogP) is 1.86. The first-order valence-electron chi connectivity index (χ1n) is 9.90. The van der Waals surface area contributed by atoms with Gasteiger partial charge in [0.2, 0.25) is 11.9 Å². The molecule has 13 heteroatoms. The number of aromatic nitrogens is 5. The van der Waals surface area contributed by atoms with E-state index >= 15 is 0 Å². The number of primary amides is 1. The third-order valence-corrected chi connectivity index (χ3v) is 4.97. The molecule has 1 fully saturated rings. The van der Waals surface area contributed by atoms with Crippen LogP contribution in [0.4, 0.5) is 30.8 Å². The van der Waals surface area contributed by atoms with Crippen LogP contribution in [0, 0.1) is 5.92 Å². The third-order valence-electron chi connectivity index (χ3n) is 4.97. The molecule has 3 N–H and O–H groups in total. The summed E-state index contributed by atoms with van der Waals surface area (Å²) in [5.41, 5.74) is 6.42. The predicted molar refractivity (Wildman–Crippen MR) is 109 cm³/mol. The number of hydrogen-bond donors (Lipinski definition) is 2. The molecule has 3 aromatic rings. The normalized spacial score (nSPS) is 16.6. The van der Waals surface area contributed by atoms with E-state index in [2.05, 4.69) is 25.4 Å². The Morgan fingerprint density at radius 3 is 2.84 bits per heavy atom. The van der Waals surface area contributed by atoms with Crippen LogP contribution in [0.5, 0.6) is 0 Å². The summed E-state index contributed by atoms with van der Waals surface area (Å²) >= 11 is 0. The standard InChI is InChI=1S/C19H21F3N8O2/c20-19(21,22)11-32-8-7-30-15-13(9-25-30)26-18(29-6-4-12(10-29)16(23)31)28-17(15)27-14-3-1-2-5-24-14/h1-3,5,9,12H,4,6-8,10-11H2,(H2,23,31)(H,24,26,27,28)/t12-/m1/s1. The number of hydrogen-bond acceptors (Lipinski definition) is 8. The van der Waals surface area contributed by atoms with Gasteiger partial charge in [0.25, 0.3) is 0 Å². The van der Waals surface area contributed by atoms with Crippen LogP contribution in [0.25, 0.3) is 11.0 Å². The van der Waals surface area contributed by atoms with E-state index in [4.69, 9.17) is 10.5 Å². The lowest BCUT2D eigenvalue weighted by Gasteiger charge is -2.18. The minimum atomic E-state index is -4.39. The summed E-state index contributed by atoms with van der Waals surface area (Å²) in [6.07, 6.45) is -0.665. The topological polar surface area (TPSA) is 124 Å². The lowest BCUT2D eigenvalue weighted by atomic mass is 10.1. The Bertz CT molecular complexity index is 1090. The summed E-state index contributed by atoms with van der Waals surface area (Å²) in [5.74, 6) is 0.658. The molecule has 1 saturated heterocycles. The summed E-state index contributed by atoms with van der Waals surface area (Å²) in [6.45, 7) is -0.465. The van der Waals surface area contributed by atoms with Gasteiger partial charge < -0.3 is 20.7 Å². The summed E-state index contributed by atoms with van der Waals surface area (Å²) in [5, 5.41) is 7.37. The van der Waals surface area contributed by atoms with Gasteiger partial charge in [-0.25, -0.2) is 9.97 Å². The van der Waals surface area contributed by atoms with Crippen LogP contribution in [-0.2, 0) is 16.1 Å². The van der Waals surface area contributed by atoms with Crippen molar-refractivity contribution in [1.29, 1.82) is 0 Å². The number of amides is 1. The van der Waals surface area contributed by atoms with Crippen LogP contribution in [0.2, 0.25) is 0 Å². The van der Waals surface area contributed by atoms with Gasteiger partial charge in [0.05, 0.1) is 25.3 Å². The maximum Gasteiger partial charge on any atom is 0.411 e. The molecule has 1 aliphatic rings. The Labute approximate surface area is 180 Å². The van der Waals surface area contributed by atoms with Crippen LogP contribution < -0.4 is 16.0 Å². The highest BCUT2D eigenvalue weighted by molar-refractivity contribution is 5.88. The van der Waals surface area contributed by atoms with Gasteiger partial charge in [0.1, 0.15) is 23.5 Å². The van der Waals surface area contributed by atoms with Crippen molar-refractivity contribution in [1.82, 2.24) is 24.7 Å². The summed E-state index contributed by atoms with van der Waals surface area (Å²) in [7, 11) is 0. The van der Waals surface area contributed by atoms with E-state index in [1.807, 2.05) is 4.90 Å². The number of alkyl halides is 3. The molecule has 4 heterocycles. The highest BCUT2D eigenvalue weighted by Gasteiger charge is 2.29. The SMILES string of the molecule is NC(=O)[C@@H]1CCN(c2nc(Nc3ccccn3)c3c(cnn3CCOCC(F)(F)F)n2)C1. The molecule has 1 atom stereocenters. The first kappa shape index (κ1) is 21.7. The van der Waals surface area contributed by atoms with Gasteiger partial charge in [-0.1, -0.05) is 6.07 Å². The molecule has 4 rings (SSSR count). The first-order chi connectivity index (χ1) is 15.3. The zero-order chi connectivity index (χ0) is 22.7. The van der Waals surface area contributed by atoms with Crippen molar-refractivity contribution in [3.63, 3.8) is 0 Å². The fourth-order valence-electron chi connectivity index (χ4n) is 3.46. The average Bonchev–Trinajstić information content (AvgIpc) is 3.39. The monoisotopic (exact) mass is 450 g/mol. The van der Waals surface area contributed by atoms with Crippen LogP contribution in [0.1, 0.15) is 6.42 Å². The van der Waals surface area contributed by atoms with E-state index < -0.39 is 12.8 Å². The lowest BCUT2D eigenvalue weighted by Crippen LogP contribution is -2.28. The molecule has 0 bridgehead atoms. The quantitative estimate of drug-likeness (QED) is 0.499. The highest BCUT2D eigenvalue weighted by atomic mass is 19.4. The second-order valence-corrected chi connectivity index (χ2v) is 7.32. The second-order valence-electron chi connectivity index (χ2n) is 7.32. The number of fused-ring (bicyclic) bond motifs is 1. The molecular formula is C19H21F3N8O2. The molecule has 0 aliphatic carbocycles. The van der Waals surface area contributed by atoms with Gasteiger partial charge in [-0.15, -0.1) is 0 Å². The molecule has 0 spiro atoms. The van der Waals surface area contributed by atoms with Gasteiger partial charge in [-0.3, -0.25) is 9.48 Å². The lowest BCUT2D eigenvalue weighted by molar-refractivity contribution is -0.174. The summed E-state index contributed by atoms with van der Waals surface area (Å²) in [4.78, 5) is 26.8. The van der Waals surface area contributed by atoms with Crippen LogP contribution >= 0.6 is 0 Å². The van der Waals surface area contributed by atoms with Gasteiger partial charge in [0, 0.05) is 19.3 Å². The minimum Gasteiger partial charge on any atom is -0.370 e. The van der Waals surface area contributed by atoms with Gasteiger partial charge in [0.15, 0.2) is 5.82 Å². The van der Waals surface area contributed by atoms with E-state index in [9.17, 15) is 18.0 Å². The molecule has 1 aliphatic heterocycles. The minimum absolute atomic E-state index is 0.0760. The van der Waals surface area contributed by atoms with E-state index in [0.29, 0.717) is 48.1 Å². The molecule has 0 saturated carbocycles. The van der Waals surface area contributed by atoms with Crippen LogP contribution in [0.15, 0.2) is 30.6 Å². The van der Waals surface area contributed by atoms with Crippen LogP contribution in [-0.4, -0.2) is 63.1 Å². The van der Waals surface area contributed by atoms with Crippen molar-refractivity contribution in [3.8, 4) is 0 Å². The zero-order valence-electron chi connectivity index (χ0n) is 16.9. The van der Waals surface area contributed by atoms with Crippen molar-refractivity contribution < 1.29 is 22.7 Å². The molecule has 10 nitrogen and oxygen atoms in total. The molecule has 0 radical (unpaired) electrons. The zero-order valence-corrected chi connectivity index (χ0v) is 16.9.